The topological polar surface area (TPSA) is 15.3 Å². The van der Waals surface area contributed by atoms with Crippen LogP contribution in [0.2, 0.25) is 0 Å². The van der Waals surface area contributed by atoms with E-state index in [9.17, 15) is 4.39 Å². The lowest BCUT2D eigenvalue weighted by Crippen LogP contribution is -2.54. The summed E-state index contributed by atoms with van der Waals surface area (Å²) in [6, 6.07) is 6.30. The SMILES string of the molecule is CCC1CN(Cc2ccc(Br)cc2F)C(C)CN1. The van der Waals surface area contributed by atoms with E-state index >= 15 is 0 Å². The summed E-state index contributed by atoms with van der Waals surface area (Å²) in [6.45, 7) is 7.05. The predicted octanol–water partition coefficient (Wildman–Crippen LogP) is 3.16. The minimum atomic E-state index is -0.122. The van der Waals surface area contributed by atoms with E-state index in [1.165, 1.54) is 0 Å². The maximum Gasteiger partial charge on any atom is 0.128 e. The molecule has 0 aliphatic carbocycles. The Labute approximate surface area is 117 Å². The van der Waals surface area contributed by atoms with Crippen molar-refractivity contribution in [1.82, 2.24) is 10.2 Å². The monoisotopic (exact) mass is 314 g/mol. The van der Waals surface area contributed by atoms with Crippen LogP contribution >= 0.6 is 15.9 Å². The molecule has 2 atom stereocenters. The van der Waals surface area contributed by atoms with Crippen molar-refractivity contribution < 1.29 is 4.39 Å². The number of halogens is 2. The number of nitrogens with zero attached hydrogens (tertiary/aromatic N) is 1. The van der Waals surface area contributed by atoms with Gasteiger partial charge in [0.1, 0.15) is 5.82 Å². The molecule has 0 aromatic heterocycles. The lowest BCUT2D eigenvalue weighted by molar-refractivity contribution is 0.130. The second kappa shape index (κ2) is 6.13. The largest absolute Gasteiger partial charge is 0.311 e. The smallest absolute Gasteiger partial charge is 0.128 e. The first-order chi connectivity index (χ1) is 8.60. The zero-order valence-corrected chi connectivity index (χ0v) is 12.5. The standard InChI is InChI=1S/C14H20BrFN2/c1-3-13-9-18(10(2)7-17-13)8-11-4-5-12(15)6-14(11)16/h4-6,10,13,17H,3,7-9H2,1-2H3. The molecule has 0 bridgehead atoms. The Kier molecular flexibility index (Phi) is 4.76. The van der Waals surface area contributed by atoms with Crippen LogP contribution in [0.15, 0.2) is 22.7 Å². The van der Waals surface area contributed by atoms with E-state index in [2.05, 4.69) is 40.0 Å². The molecule has 0 radical (unpaired) electrons. The minimum absolute atomic E-state index is 0.122. The molecule has 4 heteroatoms. The molecule has 0 spiro atoms. The maximum absolute atomic E-state index is 13.8. The van der Waals surface area contributed by atoms with Crippen molar-refractivity contribution >= 4 is 15.9 Å². The highest BCUT2D eigenvalue weighted by Gasteiger charge is 2.24. The van der Waals surface area contributed by atoms with Gasteiger partial charge in [0.05, 0.1) is 0 Å². The second-order valence-corrected chi connectivity index (χ2v) is 5.94. The van der Waals surface area contributed by atoms with Gasteiger partial charge in [0.25, 0.3) is 0 Å². The van der Waals surface area contributed by atoms with Crippen LogP contribution in [0.4, 0.5) is 4.39 Å². The molecule has 1 saturated heterocycles. The molecule has 2 rings (SSSR count). The first kappa shape index (κ1) is 14.0. The number of piperazine rings is 1. The third-order valence-corrected chi connectivity index (χ3v) is 4.15. The summed E-state index contributed by atoms with van der Waals surface area (Å²) in [4.78, 5) is 2.36. The van der Waals surface area contributed by atoms with Crippen molar-refractivity contribution in [3.8, 4) is 0 Å². The molecule has 1 aromatic carbocycles. The molecular formula is C14H20BrFN2. The van der Waals surface area contributed by atoms with E-state index in [1.807, 2.05) is 12.1 Å². The van der Waals surface area contributed by atoms with Crippen molar-refractivity contribution in [2.24, 2.45) is 0 Å². The molecule has 0 saturated carbocycles. The zero-order chi connectivity index (χ0) is 13.1. The predicted molar refractivity (Wildman–Crippen MR) is 76.1 cm³/mol. The summed E-state index contributed by atoms with van der Waals surface area (Å²) in [6.07, 6.45) is 1.12. The van der Waals surface area contributed by atoms with Crippen molar-refractivity contribution in [1.29, 1.82) is 0 Å². The van der Waals surface area contributed by atoms with Crippen LogP contribution in [0.25, 0.3) is 0 Å². The summed E-state index contributed by atoms with van der Waals surface area (Å²) < 4.78 is 14.6. The number of hydrogen-bond donors (Lipinski definition) is 1. The Bertz CT molecular complexity index is 411. The quantitative estimate of drug-likeness (QED) is 0.922. The Morgan fingerprint density at radius 3 is 2.94 bits per heavy atom. The minimum Gasteiger partial charge on any atom is -0.311 e. The second-order valence-electron chi connectivity index (χ2n) is 5.03. The molecule has 1 N–H and O–H groups in total. The molecule has 1 aliphatic rings. The van der Waals surface area contributed by atoms with Crippen LogP contribution in [0.1, 0.15) is 25.8 Å². The highest BCUT2D eigenvalue weighted by molar-refractivity contribution is 9.10. The van der Waals surface area contributed by atoms with Crippen molar-refractivity contribution in [3.63, 3.8) is 0 Å². The van der Waals surface area contributed by atoms with Crippen LogP contribution in [0.3, 0.4) is 0 Å². The third kappa shape index (κ3) is 3.31. The van der Waals surface area contributed by atoms with E-state index in [0.717, 1.165) is 29.5 Å². The van der Waals surface area contributed by atoms with Gasteiger partial charge < -0.3 is 5.32 Å². The molecule has 2 nitrogen and oxygen atoms in total. The van der Waals surface area contributed by atoms with Gasteiger partial charge in [-0.05, 0) is 25.5 Å². The van der Waals surface area contributed by atoms with Gasteiger partial charge >= 0.3 is 0 Å². The fraction of sp³-hybridized carbons (Fsp3) is 0.571. The molecule has 1 aromatic rings. The van der Waals surface area contributed by atoms with Crippen LogP contribution in [-0.2, 0) is 6.54 Å². The molecule has 0 amide bonds. The van der Waals surface area contributed by atoms with Gasteiger partial charge in [0.2, 0.25) is 0 Å². The van der Waals surface area contributed by atoms with E-state index in [0.29, 0.717) is 18.6 Å². The summed E-state index contributed by atoms with van der Waals surface area (Å²) in [5.74, 6) is -0.122. The highest BCUT2D eigenvalue weighted by Crippen LogP contribution is 2.19. The lowest BCUT2D eigenvalue weighted by Gasteiger charge is -2.38. The van der Waals surface area contributed by atoms with Crippen LogP contribution in [0, 0.1) is 5.82 Å². The van der Waals surface area contributed by atoms with E-state index < -0.39 is 0 Å². The fourth-order valence-corrected chi connectivity index (χ4v) is 2.69. The number of rotatable bonds is 3. The summed E-state index contributed by atoms with van der Waals surface area (Å²) in [7, 11) is 0. The Balaban J connectivity index is 2.07. The van der Waals surface area contributed by atoms with Crippen LogP contribution in [0.5, 0.6) is 0 Å². The molecule has 1 heterocycles. The average Bonchev–Trinajstić information content (AvgIpc) is 2.35. The van der Waals surface area contributed by atoms with Gasteiger partial charge in [0, 0.05) is 41.8 Å². The molecule has 18 heavy (non-hydrogen) atoms. The molecule has 1 aliphatic heterocycles. The first-order valence-electron chi connectivity index (χ1n) is 6.51. The highest BCUT2D eigenvalue weighted by atomic mass is 79.9. The fourth-order valence-electron chi connectivity index (χ4n) is 2.36. The summed E-state index contributed by atoms with van der Waals surface area (Å²) >= 11 is 3.29. The van der Waals surface area contributed by atoms with Crippen LogP contribution in [-0.4, -0.2) is 30.1 Å². The van der Waals surface area contributed by atoms with E-state index in [-0.39, 0.29) is 5.82 Å². The normalized spacial score (nSPS) is 25.3. The molecule has 1 fully saturated rings. The average molecular weight is 315 g/mol. The van der Waals surface area contributed by atoms with Gasteiger partial charge in [-0.1, -0.05) is 28.9 Å². The zero-order valence-electron chi connectivity index (χ0n) is 10.9. The molecule has 2 unspecified atom stereocenters. The van der Waals surface area contributed by atoms with E-state index in [4.69, 9.17) is 0 Å². The van der Waals surface area contributed by atoms with Crippen molar-refractivity contribution in [2.75, 3.05) is 13.1 Å². The van der Waals surface area contributed by atoms with Gasteiger partial charge in [-0.2, -0.15) is 0 Å². The molecule has 100 valence electrons. The van der Waals surface area contributed by atoms with Crippen molar-refractivity contribution in [3.05, 3.63) is 34.1 Å². The van der Waals surface area contributed by atoms with Crippen LogP contribution < -0.4 is 5.32 Å². The molecular weight excluding hydrogens is 295 g/mol. The maximum atomic E-state index is 13.8. The first-order valence-corrected chi connectivity index (χ1v) is 7.30. The Morgan fingerprint density at radius 2 is 2.28 bits per heavy atom. The van der Waals surface area contributed by atoms with Gasteiger partial charge in [-0.15, -0.1) is 0 Å². The Morgan fingerprint density at radius 1 is 1.50 bits per heavy atom. The lowest BCUT2D eigenvalue weighted by atomic mass is 10.1. The number of benzene rings is 1. The summed E-state index contributed by atoms with van der Waals surface area (Å²) in [5.41, 5.74) is 0.779. The van der Waals surface area contributed by atoms with E-state index in [1.54, 1.807) is 6.07 Å². The summed E-state index contributed by atoms with van der Waals surface area (Å²) in [5, 5.41) is 3.52. The van der Waals surface area contributed by atoms with Crippen molar-refractivity contribution in [2.45, 2.75) is 38.9 Å². The third-order valence-electron chi connectivity index (χ3n) is 3.66. The van der Waals surface area contributed by atoms with Gasteiger partial charge in [-0.25, -0.2) is 4.39 Å². The number of hydrogen-bond acceptors (Lipinski definition) is 2. The number of nitrogens with one attached hydrogen (secondary N) is 1. The van der Waals surface area contributed by atoms with Gasteiger partial charge in [0.15, 0.2) is 0 Å². The van der Waals surface area contributed by atoms with Gasteiger partial charge in [-0.3, -0.25) is 4.90 Å². The Hall–Kier alpha value is -0.450.